The largest absolute Gasteiger partial charge is 0.345 e. The van der Waals surface area contributed by atoms with Crippen molar-refractivity contribution in [3.05, 3.63) is 34.0 Å². The Morgan fingerprint density at radius 3 is 2.45 bits per heavy atom. The molecule has 0 atom stereocenters. The zero-order valence-corrected chi connectivity index (χ0v) is 18.6. The van der Waals surface area contributed by atoms with E-state index in [9.17, 15) is 13.2 Å². The predicted molar refractivity (Wildman–Crippen MR) is 113 cm³/mol. The molecule has 1 amide bonds. The first-order chi connectivity index (χ1) is 13.9. The Hall–Kier alpha value is -1.71. The maximum Gasteiger partial charge on any atom is 0.270 e. The normalized spacial score (nSPS) is 19.6. The van der Waals surface area contributed by atoms with Crippen molar-refractivity contribution in [3.8, 4) is 0 Å². The summed E-state index contributed by atoms with van der Waals surface area (Å²) in [7, 11) is -1.79. The highest BCUT2D eigenvalue weighted by atomic mass is 32.2. The van der Waals surface area contributed by atoms with Crippen LogP contribution >= 0.6 is 11.3 Å². The van der Waals surface area contributed by atoms with Crippen LogP contribution < -0.4 is 0 Å². The summed E-state index contributed by atoms with van der Waals surface area (Å²) >= 11 is 1.69. The van der Waals surface area contributed by atoms with E-state index >= 15 is 0 Å². The minimum atomic E-state index is -3.54. The minimum absolute atomic E-state index is 0.0960. The number of thiazole rings is 1. The summed E-state index contributed by atoms with van der Waals surface area (Å²) in [6, 6.07) is 1.54. The van der Waals surface area contributed by atoms with Gasteiger partial charge in [0.15, 0.2) is 0 Å². The zero-order chi connectivity index (χ0) is 20.6. The number of carbonyl (C=O) groups excluding carboxylic acids is 1. The second-order valence-electron chi connectivity index (χ2n) is 8.03. The lowest BCUT2D eigenvalue weighted by Gasteiger charge is -2.31. The molecule has 0 aromatic carbocycles. The number of hydrogen-bond donors (Lipinski definition) is 0. The van der Waals surface area contributed by atoms with E-state index in [1.54, 1.807) is 39.5 Å². The fourth-order valence-electron chi connectivity index (χ4n) is 4.19. The van der Waals surface area contributed by atoms with Gasteiger partial charge in [-0.1, -0.05) is 6.42 Å². The van der Waals surface area contributed by atoms with Crippen molar-refractivity contribution < 1.29 is 13.2 Å². The molecule has 9 heteroatoms. The summed E-state index contributed by atoms with van der Waals surface area (Å²) in [6.45, 7) is 4.46. The van der Waals surface area contributed by atoms with Gasteiger partial charge < -0.3 is 9.47 Å². The molecule has 2 aromatic heterocycles. The summed E-state index contributed by atoms with van der Waals surface area (Å²) in [6.07, 6.45) is 6.21. The van der Waals surface area contributed by atoms with Crippen LogP contribution in [-0.4, -0.2) is 59.3 Å². The van der Waals surface area contributed by atoms with Gasteiger partial charge in [-0.15, -0.1) is 11.3 Å². The summed E-state index contributed by atoms with van der Waals surface area (Å²) in [5.74, 6) is 0.308. The second-order valence-corrected chi connectivity index (χ2v) is 10.9. The van der Waals surface area contributed by atoms with Gasteiger partial charge in [0.05, 0.1) is 5.01 Å². The number of piperidine rings is 2. The van der Waals surface area contributed by atoms with E-state index in [1.165, 1.54) is 0 Å². The fourth-order valence-corrected chi connectivity index (χ4v) is 6.75. The number of nitrogens with zero attached hydrogens (tertiary/aromatic N) is 4. The number of sulfonamides is 1. The zero-order valence-electron chi connectivity index (χ0n) is 17.0. The van der Waals surface area contributed by atoms with Crippen molar-refractivity contribution in [2.45, 2.75) is 49.8 Å². The van der Waals surface area contributed by atoms with E-state index in [-0.39, 0.29) is 10.8 Å². The van der Waals surface area contributed by atoms with Crippen LogP contribution in [0.4, 0.5) is 0 Å². The van der Waals surface area contributed by atoms with E-state index in [1.807, 2.05) is 11.8 Å². The van der Waals surface area contributed by atoms with Gasteiger partial charge in [0, 0.05) is 56.4 Å². The Morgan fingerprint density at radius 2 is 1.83 bits per heavy atom. The molecule has 2 saturated heterocycles. The molecule has 0 unspecified atom stereocenters. The number of likely N-dealkylation sites (tertiary alicyclic amines) is 1. The summed E-state index contributed by atoms with van der Waals surface area (Å²) < 4.78 is 29.1. The third-order valence-electron chi connectivity index (χ3n) is 5.92. The lowest BCUT2D eigenvalue weighted by molar-refractivity contribution is 0.0703. The smallest absolute Gasteiger partial charge is 0.270 e. The highest BCUT2D eigenvalue weighted by Gasteiger charge is 2.31. The third-order valence-corrected chi connectivity index (χ3v) is 8.91. The molecular formula is C20H28N4O3S2. The average Bonchev–Trinajstić information content (AvgIpc) is 3.34. The van der Waals surface area contributed by atoms with Crippen LogP contribution in [0.25, 0.3) is 0 Å². The highest BCUT2D eigenvalue weighted by molar-refractivity contribution is 7.89. The quantitative estimate of drug-likeness (QED) is 0.738. The van der Waals surface area contributed by atoms with E-state index in [0.29, 0.717) is 37.8 Å². The number of carbonyl (C=O) groups is 1. The molecule has 2 fully saturated rings. The van der Waals surface area contributed by atoms with Crippen LogP contribution in [0.2, 0.25) is 0 Å². The van der Waals surface area contributed by atoms with Crippen molar-refractivity contribution >= 4 is 27.3 Å². The monoisotopic (exact) mass is 436 g/mol. The standard InChI is InChI=1S/C20H28N4O3S2/c1-15-14-28-19(21-15)16-6-10-23(11-7-16)20(25)18-12-17(13-22(18)2)29(26,27)24-8-4-3-5-9-24/h12-14,16H,3-11H2,1-2H3. The molecule has 4 rings (SSSR count). The van der Waals surface area contributed by atoms with Crippen LogP contribution in [0.3, 0.4) is 0 Å². The Morgan fingerprint density at radius 1 is 1.14 bits per heavy atom. The molecule has 29 heavy (non-hydrogen) atoms. The first-order valence-electron chi connectivity index (χ1n) is 10.2. The van der Waals surface area contributed by atoms with Gasteiger partial charge in [-0.2, -0.15) is 4.31 Å². The molecule has 0 saturated carbocycles. The van der Waals surface area contributed by atoms with Crippen LogP contribution in [0.15, 0.2) is 22.5 Å². The summed E-state index contributed by atoms with van der Waals surface area (Å²) in [5, 5.41) is 3.23. The van der Waals surface area contributed by atoms with Gasteiger partial charge in [-0.25, -0.2) is 13.4 Å². The molecule has 0 spiro atoms. The van der Waals surface area contributed by atoms with Crippen molar-refractivity contribution in [1.29, 1.82) is 0 Å². The molecule has 7 nitrogen and oxygen atoms in total. The highest BCUT2D eigenvalue weighted by Crippen LogP contribution is 2.31. The average molecular weight is 437 g/mol. The van der Waals surface area contributed by atoms with Crippen molar-refractivity contribution in [3.63, 3.8) is 0 Å². The van der Waals surface area contributed by atoms with Crippen molar-refractivity contribution in [2.24, 2.45) is 7.05 Å². The number of aromatic nitrogens is 2. The molecule has 0 aliphatic carbocycles. The molecule has 0 bridgehead atoms. The SMILES string of the molecule is Cc1csc(C2CCN(C(=O)c3cc(S(=O)(=O)N4CCCCC4)cn3C)CC2)n1. The number of rotatable bonds is 4. The second kappa shape index (κ2) is 8.20. The summed E-state index contributed by atoms with van der Waals surface area (Å²) in [4.78, 5) is 19.7. The van der Waals surface area contributed by atoms with Crippen LogP contribution in [0.5, 0.6) is 0 Å². The van der Waals surface area contributed by atoms with Gasteiger partial charge in [-0.05, 0) is 38.7 Å². The molecule has 2 aliphatic rings. The van der Waals surface area contributed by atoms with E-state index in [0.717, 1.165) is 42.8 Å². The van der Waals surface area contributed by atoms with E-state index < -0.39 is 10.0 Å². The first kappa shape index (κ1) is 20.6. The number of hydrogen-bond acceptors (Lipinski definition) is 5. The Labute approximate surface area is 176 Å². The van der Waals surface area contributed by atoms with Crippen LogP contribution in [0.1, 0.15) is 59.2 Å². The molecular weight excluding hydrogens is 408 g/mol. The number of amides is 1. The van der Waals surface area contributed by atoms with Gasteiger partial charge in [0.1, 0.15) is 10.6 Å². The van der Waals surface area contributed by atoms with Crippen molar-refractivity contribution in [1.82, 2.24) is 18.8 Å². The maximum atomic E-state index is 13.1. The topological polar surface area (TPSA) is 75.5 Å². The molecule has 0 N–H and O–H groups in total. The maximum absolute atomic E-state index is 13.1. The molecule has 158 valence electrons. The van der Waals surface area contributed by atoms with Gasteiger partial charge in [-0.3, -0.25) is 4.79 Å². The Bertz CT molecular complexity index is 981. The lowest BCUT2D eigenvalue weighted by atomic mass is 9.97. The van der Waals surface area contributed by atoms with Crippen molar-refractivity contribution in [2.75, 3.05) is 26.2 Å². The number of aryl methyl sites for hydroxylation is 2. The first-order valence-corrected chi connectivity index (χ1v) is 12.6. The van der Waals surface area contributed by atoms with Crippen LogP contribution in [0, 0.1) is 6.92 Å². The Kier molecular flexibility index (Phi) is 5.81. The van der Waals surface area contributed by atoms with Crippen LogP contribution in [-0.2, 0) is 17.1 Å². The minimum Gasteiger partial charge on any atom is -0.345 e. The molecule has 0 radical (unpaired) electrons. The Balaban J connectivity index is 1.46. The van der Waals surface area contributed by atoms with Gasteiger partial charge >= 0.3 is 0 Å². The van der Waals surface area contributed by atoms with Gasteiger partial charge in [0.2, 0.25) is 10.0 Å². The fraction of sp³-hybridized carbons (Fsp3) is 0.600. The lowest BCUT2D eigenvalue weighted by Crippen LogP contribution is -2.38. The molecule has 2 aliphatic heterocycles. The van der Waals surface area contributed by atoms with E-state index in [4.69, 9.17) is 0 Å². The van der Waals surface area contributed by atoms with Gasteiger partial charge in [0.25, 0.3) is 5.91 Å². The molecule has 2 aromatic rings. The summed E-state index contributed by atoms with van der Waals surface area (Å²) in [5.41, 5.74) is 1.49. The third kappa shape index (κ3) is 4.13. The van der Waals surface area contributed by atoms with E-state index in [2.05, 4.69) is 10.4 Å². The predicted octanol–water partition coefficient (Wildman–Crippen LogP) is 2.98. The molecule has 4 heterocycles.